The van der Waals surface area contributed by atoms with Gasteiger partial charge in [-0.05, 0) is 49.9 Å². The van der Waals surface area contributed by atoms with Gasteiger partial charge in [0.25, 0.3) is 5.91 Å². The number of furan rings is 1. The maximum absolute atomic E-state index is 13.1. The molecule has 1 aromatic carbocycles. The molecule has 3 aliphatic rings. The monoisotopic (exact) mass is 535 g/mol. The second-order valence-electron chi connectivity index (χ2n) is 9.82. The van der Waals surface area contributed by atoms with E-state index in [1.54, 1.807) is 12.3 Å². The van der Waals surface area contributed by atoms with E-state index in [0.29, 0.717) is 41.8 Å². The van der Waals surface area contributed by atoms with Gasteiger partial charge in [0.05, 0.1) is 23.7 Å². The molecule has 5 rings (SSSR count). The fourth-order valence-electron chi connectivity index (χ4n) is 5.12. The average molecular weight is 536 g/mol. The molecule has 1 aromatic heterocycles. The van der Waals surface area contributed by atoms with Crippen molar-refractivity contribution in [3.8, 4) is 0 Å². The predicted molar refractivity (Wildman–Crippen MR) is 147 cm³/mol. The maximum Gasteiger partial charge on any atom is 0.270 e. The van der Waals surface area contributed by atoms with E-state index in [1.807, 2.05) is 42.2 Å². The maximum atomic E-state index is 13.1. The van der Waals surface area contributed by atoms with Crippen molar-refractivity contribution < 1.29 is 18.8 Å². The Hall–Kier alpha value is -3.40. The third-order valence-electron chi connectivity index (χ3n) is 7.15. The molecule has 2 aromatic rings. The summed E-state index contributed by atoms with van der Waals surface area (Å²) < 4.78 is 5.32. The summed E-state index contributed by atoms with van der Waals surface area (Å²) in [6.45, 7) is 2.24. The van der Waals surface area contributed by atoms with Gasteiger partial charge in [-0.3, -0.25) is 19.3 Å². The van der Waals surface area contributed by atoms with E-state index < -0.39 is 11.3 Å². The zero-order chi connectivity index (χ0) is 26.5. The molecule has 9 nitrogen and oxygen atoms in total. The van der Waals surface area contributed by atoms with E-state index in [9.17, 15) is 14.4 Å². The second kappa shape index (κ2) is 12.0. The van der Waals surface area contributed by atoms with Crippen LogP contribution in [0.2, 0.25) is 0 Å². The molecule has 1 saturated carbocycles. The highest BCUT2D eigenvalue weighted by Crippen LogP contribution is 2.36. The number of rotatable bonds is 9. The summed E-state index contributed by atoms with van der Waals surface area (Å²) in [6, 6.07) is 10.7. The number of amidine groups is 2. The van der Waals surface area contributed by atoms with Crippen molar-refractivity contribution in [1.29, 1.82) is 0 Å². The van der Waals surface area contributed by atoms with Gasteiger partial charge in [0.15, 0.2) is 5.17 Å². The van der Waals surface area contributed by atoms with Crippen molar-refractivity contribution in [3.05, 3.63) is 54.0 Å². The van der Waals surface area contributed by atoms with Gasteiger partial charge in [0, 0.05) is 18.0 Å². The van der Waals surface area contributed by atoms with E-state index in [-0.39, 0.29) is 30.2 Å². The lowest BCUT2D eigenvalue weighted by Gasteiger charge is -2.32. The Kier molecular flexibility index (Phi) is 8.26. The van der Waals surface area contributed by atoms with Gasteiger partial charge in [0.2, 0.25) is 11.8 Å². The zero-order valence-electron chi connectivity index (χ0n) is 21.5. The summed E-state index contributed by atoms with van der Waals surface area (Å²) in [4.78, 5) is 49.9. The Balaban J connectivity index is 1.31. The van der Waals surface area contributed by atoms with Gasteiger partial charge < -0.3 is 15.1 Å². The number of carbonyl (C=O) groups excluding carboxylic acids is 3. The first kappa shape index (κ1) is 26.2. The Bertz CT molecular complexity index is 1240. The van der Waals surface area contributed by atoms with Gasteiger partial charge in [-0.15, -0.1) is 0 Å². The highest BCUT2D eigenvalue weighted by Gasteiger charge is 2.42. The predicted octanol–water partition coefficient (Wildman–Crippen LogP) is 4.30. The topological polar surface area (TPSA) is 116 Å². The second-order valence-corrected chi connectivity index (χ2v) is 11.0. The van der Waals surface area contributed by atoms with Gasteiger partial charge in [-0.25, -0.2) is 4.99 Å². The molecule has 2 unspecified atom stereocenters. The van der Waals surface area contributed by atoms with Gasteiger partial charge in [-0.2, -0.15) is 4.99 Å². The minimum atomic E-state index is -0.634. The molecule has 2 atom stereocenters. The molecule has 0 saturated heterocycles. The van der Waals surface area contributed by atoms with Crippen LogP contribution in [0.3, 0.4) is 0 Å². The number of aliphatic imine (C=N–C) groups is 2. The van der Waals surface area contributed by atoms with Crippen LogP contribution in [0.15, 0.2) is 57.1 Å². The lowest BCUT2D eigenvalue weighted by Crippen LogP contribution is -2.46. The molecule has 3 heterocycles. The molecule has 0 radical (unpaired) electrons. The molecule has 0 bridgehead atoms. The SMILES string of the molecule is CCC(SC1=Nc2ccccc2C2=NC(=O)C(CCC(=O)NC3CCCCC3)N12)C(=O)NCc1ccco1. The first-order valence-corrected chi connectivity index (χ1v) is 14.3. The molecule has 2 aliphatic heterocycles. The third kappa shape index (κ3) is 5.85. The first-order chi connectivity index (χ1) is 18.5. The van der Waals surface area contributed by atoms with Crippen LogP contribution in [-0.4, -0.2) is 51.0 Å². The molecule has 2 N–H and O–H groups in total. The van der Waals surface area contributed by atoms with Gasteiger partial charge >= 0.3 is 0 Å². The molecule has 200 valence electrons. The van der Waals surface area contributed by atoms with E-state index in [0.717, 1.165) is 31.2 Å². The molecule has 0 spiro atoms. The normalized spacial score (nSPS) is 19.8. The summed E-state index contributed by atoms with van der Waals surface area (Å²) in [5, 5.41) is 6.18. The number of nitrogens with zero attached hydrogens (tertiary/aromatic N) is 3. The summed E-state index contributed by atoms with van der Waals surface area (Å²) in [5.41, 5.74) is 1.48. The molecular formula is C28H33N5O4S. The molecule has 38 heavy (non-hydrogen) atoms. The van der Waals surface area contributed by atoms with Crippen LogP contribution < -0.4 is 10.6 Å². The number of fused-ring (bicyclic) bond motifs is 3. The standard InChI is InChI=1S/C28H33N5O4S/c1-2-23(27(36)29-17-19-11-8-16-37-19)38-28-31-21-13-7-6-12-20(21)25-32-26(35)22(33(25)28)14-15-24(34)30-18-9-4-3-5-10-18/h6-8,11-13,16,18,22-23H,2-5,9-10,14-15,17H2,1H3,(H,29,36)(H,30,34). The van der Waals surface area contributed by atoms with Crippen LogP contribution in [0, 0.1) is 0 Å². The van der Waals surface area contributed by atoms with Crippen molar-refractivity contribution in [3.63, 3.8) is 0 Å². The molecule has 3 amide bonds. The molecule has 10 heteroatoms. The number of para-hydroxylation sites is 1. The lowest BCUT2D eigenvalue weighted by atomic mass is 9.95. The largest absolute Gasteiger partial charge is 0.467 e. The molecule has 1 fully saturated rings. The number of nitrogens with one attached hydrogen (secondary N) is 2. The Labute approximate surface area is 226 Å². The molecular weight excluding hydrogens is 502 g/mol. The van der Waals surface area contributed by atoms with Crippen molar-refractivity contribution in [2.45, 2.75) is 82.2 Å². The van der Waals surface area contributed by atoms with Crippen molar-refractivity contribution in [1.82, 2.24) is 15.5 Å². The Morgan fingerprint density at radius 1 is 1.13 bits per heavy atom. The highest BCUT2D eigenvalue weighted by molar-refractivity contribution is 8.15. The average Bonchev–Trinajstić information content (AvgIpc) is 3.57. The van der Waals surface area contributed by atoms with Crippen LogP contribution in [-0.2, 0) is 20.9 Å². The summed E-state index contributed by atoms with van der Waals surface area (Å²) >= 11 is 1.32. The molecule has 1 aliphatic carbocycles. The van der Waals surface area contributed by atoms with Crippen LogP contribution in [0.4, 0.5) is 5.69 Å². The number of amides is 3. The number of hydrogen-bond acceptors (Lipinski definition) is 7. The highest BCUT2D eigenvalue weighted by atomic mass is 32.2. The fraction of sp³-hybridized carbons (Fsp3) is 0.464. The fourth-order valence-corrected chi connectivity index (χ4v) is 6.21. The van der Waals surface area contributed by atoms with E-state index in [1.165, 1.54) is 18.2 Å². The Morgan fingerprint density at radius 2 is 1.95 bits per heavy atom. The summed E-state index contributed by atoms with van der Waals surface area (Å²) in [7, 11) is 0. The van der Waals surface area contributed by atoms with Crippen molar-refractivity contribution >= 4 is 46.2 Å². The lowest BCUT2D eigenvalue weighted by molar-refractivity contribution is -0.123. The summed E-state index contributed by atoms with van der Waals surface area (Å²) in [5.74, 6) is 0.749. The number of hydrogen-bond donors (Lipinski definition) is 2. The van der Waals surface area contributed by atoms with Crippen LogP contribution in [0.1, 0.15) is 69.6 Å². The van der Waals surface area contributed by atoms with Gasteiger partial charge in [0.1, 0.15) is 17.6 Å². The number of thioether (sulfide) groups is 1. The van der Waals surface area contributed by atoms with Crippen molar-refractivity contribution in [2.75, 3.05) is 0 Å². The minimum absolute atomic E-state index is 0.0366. The van der Waals surface area contributed by atoms with E-state index in [4.69, 9.17) is 9.41 Å². The minimum Gasteiger partial charge on any atom is -0.467 e. The van der Waals surface area contributed by atoms with E-state index >= 15 is 0 Å². The first-order valence-electron chi connectivity index (χ1n) is 13.4. The number of benzene rings is 1. The van der Waals surface area contributed by atoms with Crippen LogP contribution >= 0.6 is 11.8 Å². The van der Waals surface area contributed by atoms with Gasteiger partial charge in [-0.1, -0.05) is 50.1 Å². The smallest absolute Gasteiger partial charge is 0.270 e. The van der Waals surface area contributed by atoms with Crippen molar-refractivity contribution in [2.24, 2.45) is 9.98 Å². The van der Waals surface area contributed by atoms with Crippen LogP contribution in [0.25, 0.3) is 0 Å². The Morgan fingerprint density at radius 3 is 2.71 bits per heavy atom. The van der Waals surface area contributed by atoms with Crippen LogP contribution in [0.5, 0.6) is 0 Å². The quantitative estimate of drug-likeness (QED) is 0.495. The third-order valence-corrected chi connectivity index (χ3v) is 8.48. The van der Waals surface area contributed by atoms with E-state index in [2.05, 4.69) is 15.6 Å². The number of carbonyl (C=O) groups is 3. The summed E-state index contributed by atoms with van der Waals surface area (Å²) in [6.07, 6.45) is 8.22. The zero-order valence-corrected chi connectivity index (χ0v) is 22.3.